The fraction of sp³-hybridized carbons (Fsp3) is 0.250. The van der Waals surface area contributed by atoms with E-state index in [2.05, 4.69) is 20.1 Å². The Morgan fingerprint density at radius 3 is 2.82 bits per heavy atom. The SMILES string of the molecule is CCCc1noc(CN(C)C(=O)c2cnc3c(c2)ncn3-c2ccccc2)n1. The molecule has 4 rings (SSSR count). The second kappa shape index (κ2) is 7.59. The van der Waals surface area contributed by atoms with Crippen LogP contribution in [0.15, 0.2) is 53.4 Å². The van der Waals surface area contributed by atoms with E-state index in [0.29, 0.717) is 28.4 Å². The topological polar surface area (TPSA) is 89.9 Å². The van der Waals surface area contributed by atoms with Gasteiger partial charge in [-0.05, 0) is 24.6 Å². The number of carbonyl (C=O) groups excluding carboxylic acids is 1. The van der Waals surface area contributed by atoms with Gasteiger partial charge in [0.05, 0.1) is 12.1 Å². The van der Waals surface area contributed by atoms with Crippen LogP contribution >= 0.6 is 0 Å². The van der Waals surface area contributed by atoms with Crippen molar-refractivity contribution in [3.05, 3.63) is 66.2 Å². The summed E-state index contributed by atoms with van der Waals surface area (Å²) in [7, 11) is 1.69. The Bertz CT molecular complexity index is 1100. The van der Waals surface area contributed by atoms with Crippen molar-refractivity contribution in [2.45, 2.75) is 26.3 Å². The Labute approximate surface area is 161 Å². The average molecular weight is 376 g/mol. The van der Waals surface area contributed by atoms with E-state index >= 15 is 0 Å². The lowest BCUT2D eigenvalue weighted by Crippen LogP contribution is -2.26. The standard InChI is InChI=1S/C20H20N6O2/c1-3-7-17-23-18(28-24-17)12-25(2)20(27)14-10-16-19(21-11-14)26(13-22-16)15-8-5-4-6-9-15/h4-6,8-11,13H,3,7,12H2,1-2H3. The van der Waals surface area contributed by atoms with Gasteiger partial charge in [0, 0.05) is 25.4 Å². The second-order valence-corrected chi connectivity index (χ2v) is 6.53. The molecule has 0 N–H and O–H groups in total. The fourth-order valence-electron chi connectivity index (χ4n) is 2.97. The van der Waals surface area contributed by atoms with Crippen LogP contribution in [0.2, 0.25) is 0 Å². The summed E-state index contributed by atoms with van der Waals surface area (Å²) in [5.41, 5.74) is 2.78. The second-order valence-electron chi connectivity index (χ2n) is 6.53. The molecule has 3 heterocycles. The van der Waals surface area contributed by atoms with Crippen molar-refractivity contribution in [1.29, 1.82) is 0 Å². The van der Waals surface area contributed by atoms with Crippen LogP contribution in [-0.4, -0.2) is 42.5 Å². The summed E-state index contributed by atoms with van der Waals surface area (Å²) in [5, 5.41) is 3.91. The lowest BCUT2D eigenvalue weighted by molar-refractivity contribution is 0.0769. The highest BCUT2D eigenvalue weighted by Crippen LogP contribution is 2.18. The maximum Gasteiger partial charge on any atom is 0.255 e. The first kappa shape index (κ1) is 17.8. The molecule has 8 nitrogen and oxygen atoms in total. The van der Waals surface area contributed by atoms with Crippen molar-refractivity contribution in [3.8, 4) is 5.69 Å². The molecule has 28 heavy (non-hydrogen) atoms. The van der Waals surface area contributed by atoms with Crippen molar-refractivity contribution in [1.82, 2.24) is 29.6 Å². The van der Waals surface area contributed by atoms with Crippen LogP contribution in [0, 0.1) is 0 Å². The molecule has 0 bridgehead atoms. The largest absolute Gasteiger partial charge is 0.337 e. The molecule has 0 aliphatic heterocycles. The van der Waals surface area contributed by atoms with Gasteiger partial charge >= 0.3 is 0 Å². The third-order valence-corrected chi connectivity index (χ3v) is 4.37. The first-order chi connectivity index (χ1) is 13.7. The lowest BCUT2D eigenvalue weighted by atomic mass is 10.2. The Kier molecular flexibility index (Phi) is 4.84. The van der Waals surface area contributed by atoms with Gasteiger partial charge in [0.25, 0.3) is 5.91 Å². The number of aromatic nitrogens is 5. The van der Waals surface area contributed by atoms with Gasteiger partial charge < -0.3 is 9.42 Å². The summed E-state index contributed by atoms with van der Waals surface area (Å²) in [6, 6.07) is 11.6. The summed E-state index contributed by atoms with van der Waals surface area (Å²) in [6.07, 6.45) is 4.97. The van der Waals surface area contributed by atoms with Crippen LogP contribution in [0.25, 0.3) is 16.9 Å². The predicted molar refractivity (Wildman–Crippen MR) is 103 cm³/mol. The maximum atomic E-state index is 12.8. The minimum Gasteiger partial charge on any atom is -0.337 e. The third-order valence-electron chi connectivity index (χ3n) is 4.37. The summed E-state index contributed by atoms with van der Waals surface area (Å²) < 4.78 is 7.10. The number of aryl methyl sites for hydroxylation is 1. The van der Waals surface area contributed by atoms with Gasteiger partial charge in [-0.3, -0.25) is 9.36 Å². The summed E-state index contributed by atoms with van der Waals surface area (Å²) in [4.78, 5) is 27.4. The number of hydrogen-bond donors (Lipinski definition) is 0. The molecule has 0 saturated carbocycles. The molecule has 0 saturated heterocycles. The van der Waals surface area contributed by atoms with E-state index in [1.807, 2.05) is 41.8 Å². The van der Waals surface area contributed by atoms with Gasteiger partial charge in [-0.25, -0.2) is 9.97 Å². The summed E-state index contributed by atoms with van der Waals surface area (Å²) in [6.45, 7) is 2.29. The molecule has 1 amide bonds. The smallest absolute Gasteiger partial charge is 0.255 e. The Hall–Kier alpha value is -3.55. The van der Waals surface area contributed by atoms with Gasteiger partial charge in [0.1, 0.15) is 11.8 Å². The molecule has 0 fully saturated rings. The van der Waals surface area contributed by atoms with Crippen molar-refractivity contribution >= 4 is 17.1 Å². The average Bonchev–Trinajstić information content (AvgIpc) is 3.34. The zero-order valence-corrected chi connectivity index (χ0v) is 15.7. The Morgan fingerprint density at radius 1 is 1.21 bits per heavy atom. The van der Waals surface area contributed by atoms with E-state index in [9.17, 15) is 4.79 Å². The highest BCUT2D eigenvalue weighted by atomic mass is 16.5. The fourth-order valence-corrected chi connectivity index (χ4v) is 2.97. The number of amides is 1. The van der Waals surface area contributed by atoms with Crippen molar-refractivity contribution in [2.24, 2.45) is 0 Å². The number of imidazole rings is 1. The van der Waals surface area contributed by atoms with Crippen LogP contribution in [0.1, 0.15) is 35.4 Å². The lowest BCUT2D eigenvalue weighted by Gasteiger charge is -2.14. The number of carbonyl (C=O) groups is 1. The van der Waals surface area contributed by atoms with Gasteiger partial charge in [0.15, 0.2) is 11.5 Å². The summed E-state index contributed by atoms with van der Waals surface area (Å²) >= 11 is 0. The summed E-state index contributed by atoms with van der Waals surface area (Å²) in [5.74, 6) is 0.897. The van der Waals surface area contributed by atoms with Gasteiger partial charge in [-0.15, -0.1) is 0 Å². The first-order valence-electron chi connectivity index (χ1n) is 9.11. The predicted octanol–water partition coefficient (Wildman–Crippen LogP) is 3.03. The molecule has 0 aliphatic rings. The van der Waals surface area contributed by atoms with Crippen LogP contribution in [0.4, 0.5) is 0 Å². The molecular formula is C20H20N6O2. The maximum absolute atomic E-state index is 12.8. The molecule has 4 aromatic rings. The zero-order valence-electron chi connectivity index (χ0n) is 15.7. The minimum atomic E-state index is -0.182. The highest BCUT2D eigenvalue weighted by Gasteiger charge is 2.17. The zero-order chi connectivity index (χ0) is 19.5. The molecular weight excluding hydrogens is 356 g/mol. The Morgan fingerprint density at radius 2 is 2.04 bits per heavy atom. The molecule has 0 aliphatic carbocycles. The molecule has 0 atom stereocenters. The van der Waals surface area contributed by atoms with Crippen LogP contribution in [0.3, 0.4) is 0 Å². The minimum absolute atomic E-state index is 0.182. The number of rotatable bonds is 6. The van der Waals surface area contributed by atoms with Gasteiger partial charge in [-0.1, -0.05) is 30.3 Å². The molecule has 8 heteroatoms. The van der Waals surface area contributed by atoms with Crippen molar-refractivity contribution in [3.63, 3.8) is 0 Å². The molecule has 3 aromatic heterocycles. The number of nitrogens with zero attached hydrogens (tertiary/aromatic N) is 6. The molecule has 142 valence electrons. The number of fused-ring (bicyclic) bond motifs is 1. The number of para-hydroxylation sites is 1. The monoisotopic (exact) mass is 376 g/mol. The number of benzene rings is 1. The van der Waals surface area contributed by atoms with E-state index in [0.717, 1.165) is 18.5 Å². The Balaban J connectivity index is 1.54. The van der Waals surface area contributed by atoms with Crippen LogP contribution in [-0.2, 0) is 13.0 Å². The first-order valence-corrected chi connectivity index (χ1v) is 9.11. The molecule has 0 unspecified atom stereocenters. The molecule has 1 aromatic carbocycles. The van der Waals surface area contributed by atoms with Crippen molar-refractivity contribution in [2.75, 3.05) is 7.05 Å². The van der Waals surface area contributed by atoms with E-state index in [-0.39, 0.29) is 12.5 Å². The van der Waals surface area contributed by atoms with Crippen LogP contribution < -0.4 is 0 Å². The third kappa shape index (κ3) is 3.48. The van der Waals surface area contributed by atoms with E-state index in [1.165, 1.54) is 4.90 Å². The highest BCUT2D eigenvalue weighted by molar-refractivity contribution is 5.96. The number of pyridine rings is 1. The van der Waals surface area contributed by atoms with E-state index in [4.69, 9.17) is 4.52 Å². The normalized spacial score (nSPS) is 11.1. The van der Waals surface area contributed by atoms with Gasteiger partial charge in [-0.2, -0.15) is 4.98 Å². The molecule has 0 spiro atoms. The van der Waals surface area contributed by atoms with Crippen molar-refractivity contribution < 1.29 is 9.32 Å². The van der Waals surface area contributed by atoms with E-state index in [1.54, 1.807) is 25.6 Å². The molecule has 0 radical (unpaired) electrons. The quantitative estimate of drug-likeness (QED) is 0.514. The van der Waals surface area contributed by atoms with Gasteiger partial charge in [0.2, 0.25) is 5.89 Å². The van der Waals surface area contributed by atoms with E-state index < -0.39 is 0 Å². The van der Waals surface area contributed by atoms with Crippen LogP contribution in [0.5, 0.6) is 0 Å². The number of hydrogen-bond acceptors (Lipinski definition) is 6.